The molecule has 0 spiro atoms. The highest BCUT2D eigenvalue weighted by Crippen LogP contribution is 2.25. The van der Waals surface area contributed by atoms with Gasteiger partial charge in [0.15, 0.2) is 6.61 Å². The van der Waals surface area contributed by atoms with Gasteiger partial charge in [0.2, 0.25) is 0 Å². The fourth-order valence-corrected chi connectivity index (χ4v) is 2.28. The lowest BCUT2D eigenvalue weighted by Gasteiger charge is -2.16. The van der Waals surface area contributed by atoms with E-state index in [4.69, 9.17) is 10.00 Å². The number of benzene rings is 2. The Morgan fingerprint density at radius 3 is 2.59 bits per heavy atom. The van der Waals surface area contributed by atoms with Crippen LogP contribution in [0.1, 0.15) is 15.9 Å². The SMILES string of the molecule is CN(C)c1ccc([N+](=O)[O-])cc1C(=O)OCC(=O)Nc1ccccc1C#N. The van der Waals surface area contributed by atoms with Gasteiger partial charge in [0.25, 0.3) is 11.6 Å². The second-order valence-corrected chi connectivity index (χ2v) is 5.63. The molecule has 2 aromatic rings. The molecule has 1 amide bonds. The first-order chi connectivity index (χ1) is 12.8. The molecular formula is C18H16N4O5. The minimum absolute atomic E-state index is 0.0283. The second-order valence-electron chi connectivity index (χ2n) is 5.63. The number of ether oxygens (including phenoxy) is 1. The van der Waals surface area contributed by atoms with E-state index in [0.717, 1.165) is 6.07 Å². The van der Waals surface area contributed by atoms with Gasteiger partial charge in [-0.2, -0.15) is 5.26 Å². The van der Waals surface area contributed by atoms with E-state index in [2.05, 4.69) is 5.32 Å². The Hall–Kier alpha value is -3.93. The zero-order chi connectivity index (χ0) is 20.0. The number of nitrogens with zero attached hydrogens (tertiary/aromatic N) is 3. The van der Waals surface area contributed by atoms with E-state index < -0.39 is 23.4 Å². The summed E-state index contributed by atoms with van der Waals surface area (Å²) in [4.78, 5) is 36.2. The van der Waals surface area contributed by atoms with Gasteiger partial charge in [0, 0.05) is 26.2 Å². The number of amides is 1. The molecule has 0 heterocycles. The van der Waals surface area contributed by atoms with E-state index in [9.17, 15) is 19.7 Å². The molecular weight excluding hydrogens is 352 g/mol. The average molecular weight is 368 g/mol. The Balaban J connectivity index is 2.11. The number of nitro benzene ring substituents is 1. The van der Waals surface area contributed by atoms with Gasteiger partial charge < -0.3 is 15.0 Å². The first-order valence-corrected chi connectivity index (χ1v) is 7.75. The van der Waals surface area contributed by atoms with Crippen LogP contribution in [0.3, 0.4) is 0 Å². The summed E-state index contributed by atoms with van der Waals surface area (Å²) in [6.45, 7) is -0.603. The molecule has 0 saturated heterocycles. The molecule has 0 bridgehead atoms. The standard InChI is InChI=1S/C18H16N4O5/c1-21(2)16-8-7-13(22(25)26)9-14(16)18(24)27-11-17(23)20-15-6-4-3-5-12(15)10-19/h3-9H,11H2,1-2H3,(H,20,23). The topological polar surface area (TPSA) is 126 Å². The van der Waals surface area contributed by atoms with Gasteiger partial charge in [0.05, 0.1) is 27.4 Å². The van der Waals surface area contributed by atoms with Crippen molar-refractivity contribution in [2.24, 2.45) is 0 Å². The lowest BCUT2D eigenvalue weighted by atomic mass is 10.1. The number of carbonyl (C=O) groups is 2. The molecule has 9 nitrogen and oxygen atoms in total. The molecule has 2 aromatic carbocycles. The predicted octanol–water partition coefficient (Wildman–Crippen LogP) is 2.33. The fourth-order valence-electron chi connectivity index (χ4n) is 2.28. The summed E-state index contributed by atoms with van der Waals surface area (Å²) in [7, 11) is 3.34. The Kier molecular flexibility index (Phi) is 6.06. The molecule has 0 saturated carbocycles. The lowest BCUT2D eigenvalue weighted by Crippen LogP contribution is -2.22. The smallest absolute Gasteiger partial charge is 0.341 e. The molecule has 0 unspecified atom stereocenters. The third kappa shape index (κ3) is 4.79. The van der Waals surface area contributed by atoms with E-state index in [0.29, 0.717) is 11.4 Å². The summed E-state index contributed by atoms with van der Waals surface area (Å²) in [5.41, 5.74) is 0.691. The summed E-state index contributed by atoms with van der Waals surface area (Å²) < 4.78 is 4.98. The van der Waals surface area contributed by atoms with E-state index in [-0.39, 0.29) is 16.8 Å². The zero-order valence-electron chi connectivity index (χ0n) is 14.6. The normalized spacial score (nSPS) is 9.81. The number of hydrogen-bond acceptors (Lipinski definition) is 7. The molecule has 1 N–H and O–H groups in total. The monoisotopic (exact) mass is 368 g/mol. The zero-order valence-corrected chi connectivity index (χ0v) is 14.6. The number of rotatable bonds is 6. The molecule has 0 aromatic heterocycles. The summed E-state index contributed by atoms with van der Waals surface area (Å²) in [6, 6.07) is 12.1. The molecule has 0 aliphatic rings. The number of non-ortho nitro benzene ring substituents is 1. The third-order valence-electron chi connectivity index (χ3n) is 3.55. The quantitative estimate of drug-likeness (QED) is 0.471. The van der Waals surface area contributed by atoms with E-state index in [1.54, 1.807) is 37.2 Å². The minimum Gasteiger partial charge on any atom is -0.452 e. The van der Waals surface area contributed by atoms with Crippen LogP contribution >= 0.6 is 0 Å². The number of nitro groups is 1. The summed E-state index contributed by atoms with van der Waals surface area (Å²) in [5, 5.41) is 22.4. The van der Waals surface area contributed by atoms with E-state index >= 15 is 0 Å². The molecule has 27 heavy (non-hydrogen) atoms. The number of para-hydroxylation sites is 1. The van der Waals surface area contributed by atoms with Gasteiger partial charge in [0.1, 0.15) is 6.07 Å². The number of esters is 1. The lowest BCUT2D eigenvalue weighted by molar-refractivity contribution is -0.384. The Bertz CT molecular complexity index is 934. The van der Waals surface area contributed by atoms with Gasteiger partial charge >= 0.3 is 5.97 Å². The molecule has 0 aliphatic carbocycles. The largest absolute Gasteiger partial charge is 0.452 e. The number of carbonyl (C=O) groups excluding carboxylic acids is 2. The van der Waals surface area contributed by atoms with Gasteiger partial charge in [-0.15, -0.1) is 0 Å². The third-order valence-corrected chi connectivity index (χ3v) is 3.55. The van der Waals surface area contributed by atoms with Crippen LogP contribution in [0, 0.1) is 21.4 Å². The number of anilines is 2. The number of hydrogen-bond donors (Lipinski definition) is 1. The van der Waals surface area contributed by atoms with Crippen LogP contribution in [-0.4, -0.2) is 37.5 Å². The van der Waals surface area contributed by atoms with Crippen molar-refractivity contribution in [1.29, 1.82) is 5.26 Å². The molecule has 0 atom stereocenters. The van der Waals surface area contributed by atoms with Crippen molar-refractivity contribution in [3.8, 4) is 6.07 Å². The van der Waals surface area contributed by atoms with Gasteiger partial charge in [-0.25, -0.2) is 4.79 Å². The first kappa shape index (κ1) is 19.4. The van der Waals surface area contributed by atoms with Gasteiger partial charge in [-0.3, -0.25) is 14.9 Å². The number of nitrogens with one attached hydrogen (secondary N) is 1. The van der Waals surface area contributed by atoms with Crippen molar-refractivity contribution in [2.45, 2.75) is 0 Å². The van der Waals surface area contributed by atoms with E-state index in [1.807, 2.05) is 6.07 Å². The van der Waals surface area contributed by atoms with Crippen LogP contribution < -0.4 is 10.2 Å². The molecule has 0 fully saturated rings. The first-order valence-electron chi connectivity index (χ1n) is 7.75. The maximum atomic E-state index is 12.3. The molecule has 0 radical (unpaired) electrons. The second kappa shape index (κ2) is 8.44. The molecule has 138 valence electrons. The van der Waals surface area contributed by atoms with Crippen molar-refractivity contribution in [3.05, 3.63) is 63.7 Å². The van der Waals surface area contributed by atoms with Crippen molar-refractivity contribution in [1.82, 2.24) is 0 Å². The van der Waals surface area contributed by atoms with Crippen molar-refractivity contribution >= 4 is 28.9 Å². The highest BCUT2D eigenvalue weighted by atomic mass is 16.6. The predicted molar refractivity (Wildman–Crippen MR) is 97.5 cm³/mol. The highest BCUT2D eigenvalue weighted by molar-refractivity contribution is 5.99. The fraction of sp³-hybridized carbons (Fsp3) is 0.167. The molecule has 9 heteroatoms. The Morgan fingerprint density at radius 1 is 1.26 bits per heavy atom. The maximum Gasteiger partial charge on any atom is 0.341 e. The summed E-state index contributed by atoms with van der Waals surface area (Å²) in [5.74, 6) is -1.51. The van der Waals surface area contributed by atoms with Crippen molar-refractivity contribution in [2.75, 3.05) is 30.9 Å². The van der Waals surface area contributed by atoms with Crippen LogP contribution in [0.5, 0.6) is 0 Å². The Morgan fingerprint density at radius 2 is 1.96 bits per heavy atom. The molecule has 2 rings (SSSR count). The van der Waals surface area contributed by atoms with Gasteiger partial charge in [-0.05, 0) is 18.2 Å². The van der Waals surface area contributed by atoms with E-state index in [1.165, 1.54) is 18.2 Å². The van der Waals surface area contributed by atoms with Crippen LogP contribution in [0.25, 0.3) is 0 Å². The van der Waals surface area contributed by atoms with Crippen LogP contribution in [0.15, 0.2) is 42.5 Å². The van der Waals surface area contributed by atoms with Crippen LogP contribution in [0.2, 0.25) is 0 Å². The summed E-state index contributed by atoms with van der Waals surface area (Å²) in [6.07, 6.45) is 0. The van der Waals surface area contributed by atoms with Crippen molar-refractivity contribution in [3.63, 3.8) is 0 Å². The minimum atomic E-state index is -0.869. The average Bonchev–Trinajstić information content (AvgIpc) is 2.65. The highest BCUT2D eigenvalue weighted by Gasteiger charge is 2.20. The number of nitriles is 1. The maximum absolute atomic E-state index is 12.3. The van der Waals surface area contributed by atoms with Crippen molar-refractivity contribution < 1.29 is 19.2 Å². The van der Waals surface area contributed by atoms with Gasteiger partial charge in [-0.1, -0.05) is 12.1 Å². The Labute approximate surface area is 154 Å². The molecule has 0 aliphatic heterocycles. The summed E-state index contributed by atoms with van der Waals surface area (Å²) >= 11 is 0. The van der Waals surface area contributed by atoms with Crippen LogP contribution in [-0.2, 0) is 9.53 Å². The van der Waals surface area contributed by atoms with Crippen LogP contribution in [0.4, 0.5) is 17.1 Å².